The van der Waals surface area contributed by atoms with Crippen LogP contribution in [0.3, 0.4) is 0 Å². The van der Waals surface area contributed by atoms with Crippen LogP contribution in [-0.4, -0.2) is 29.1 Å². The normalized spacial score (nSPS) is 13.3. The molecule has 0 unspecified atom stereocenters. The standard InChI is InChI=1S/C2H8N2O5S2/c3-1-2-10(5,6)9-11(4,7)8/h1-3H2,(H2,4,7,8). The topological polar surface area (TPSA) is 130 Å². The monoisotopic (exact) mass is 204 g/mol. The highest BCUT2D eigenvalue weighted by Gasteiger charge is 2.17. The minimum atomic E-state index is -4.45. The predicted molar refractivity (Wildman–Crippen MR) is 37.0 cm³/mol. The summed E-state index contributed by atoms with van der Waals surface area (Å²) in [7, 11) is -8.57. The van der Waals surface area contributed by atoms with E-state index in [0.29, 0.717) is 0 Å². The van der Waals surface area contributed by atoms with Crippen molar-refractivity contribution in [2.45, 2.75) is 0 Å². The molecule has 0 rings (SSSR count). The smallest absolute Gasteiger partial charge is 0.329 e. The minimum absolute atomic E-state index is 0.224. The molecule has 68 valence electrons. The van der Waals surface area contributed by atoms with E-state index in [0.717, 1.165) is 0 Å². The van der Waals surface area contributed by atoms with Gasteiger partial charge in [-0.1, -0.05) is 0 Å². The van der Waals surface area contributed by atoms with Gasteiger partial charge in [0.05, 0.1) is 5.75 Å². The van der Waals surface area contributed by atoms with Crippen LogP contribution in [0.4, 0.5) is 0 Å². The molecule has 0 aromatic heterocycles. The summed E-state index contributed by atoms with van der Waals surface area (Å²) in [5.41, 5.74) is 4.84. The second-order valence-electron chi connectivity index (χ2n) is 1.61. The van der Waals surface area contributed by atoms with Gasteiger partial charge in [0.15, 0.2) is 0 Å². The Hall–Kier alpha value is -0.220. The molecule has 11 heavy (non-hydrogen) atoms. The number of nitrogens with two attached hydrogens (primary N) is 2. The summed E-state index contributed by atoms with van der Waals surface area (Å²) in [6.45, 7) is -0.224. The van der Waals surface area contributed by atoms with Crippen molar-refractivity contribution in [2.24, 2.45) is 10.9 Å². The van der Waals surface area contributed by atoms with Crippen molar-refractivity contribution in [1.82, 2.24) is 0 Å². The molecule has 0 aliphatic rings. The minimum Gasteiger partial charge on any atom is -0.329 e. The number of hydrogen-bond donors (Lipinski definition) is 2. The Morgan fingerprint density at radius 1 is 1.18 bits per heavy atom. The second kappa shape index (κ2) is 3.45. The lowest BCUT2D eigenvalue weighted by Crippen LogP contribution is -2.25. The van der Waals surface area contributed by atoms with Gasteiger partial charge >= 0.3 is 10.3 Å². The summed E-state index contributed by atoms with van der Waals surface area (Å²) >= 11 is 0. The molecule has 0 heterocycles. The van der Waals surface area contributed by atoms with Crippen LogP contribution in [0.5, 0.6) is 0 Å². The number of hydrogen-bond acceptors (Lipinski definition) is 6. The summed E-state index contributed by atoms with van der Waals surface area (Å²) in [5, 5.41) is 4.28. The zero-order valence-electron chi connectivity index (χ0n) is 5.43. The number of rotatable bonds is 4. The van der Waals surface area contributed by atoms with E-state index in [-0.39, 0.29) is 6.54 Å². The van der Waals surface area contributed by atoms with Crippen molar-refractivity contribution in [1.29, 1.82) is 0 Å². The molecule has 0 aromatic rings. The van der Waals surface area contributed by atoms with E-state index >= 15 is 0 Å². The van der Waals surface area contributed by atoms with Crippen LogP contribution in [-0.2, 0) is 24.1 Å². The largest absolute Gasteiger partial charge is 0.347 e. The highest BCUT2D eigenvalue weighted by atomic mass is 32.3. The Morgan fingerprint density at radius 2 is 1.64 bits per heavy atom. The lowest BCUT2D eigenvalue weighted by atomic mass is 10.8. The van der Waals surface area contributed by atoms with E-state index in [1.807, 2.05) is 0 Å². The van der Waals surface area contributed by atoms with E-state index in [9.17, 15) is 16.8 Å². The highest BCUT2D eigenvalue weighted by molar-refractivity contribution is 7.98. The molecule has 0 saturated heterocycles. The zero-order valence-corrected chi connectivity index (χ0v) is 7.06. The Morgan fingerprint density at radius 3 is 1.91 bits per heavy atom. The molecular weight excluding hydrogens is 196 g/mol. The van der Waals surface area contributed by atoms with Crippen molar-refractivity contribution < 1.29 is 20.5 Å². The second-order valence-corrected chi connectivity index (χ2v) is 4.66. The van der Waals surface area contributed by atoms with Crippen LogP contribution in [0.25, 0.3) is 0 Å². The molecule has 0 spiro atoms. The predicted octanol–water partition coefficient (Wildman–Crippen LogP) is -2.50. The molecular formula is C2H8N2O5S2. The average molecular weight is 204 g/mol. The van der Waals surface area contributed by atoms with Gasteiger partial charge in [-0.25, -0.2) is 5.14 Å². The third-order valence-electron chi connectivity index (χ3n) is 0.566. The summed E-state index contributed by atoms with van der Waals surface area (Å²) in [6, 6.07) is 0. The summed E-state index contributed by atoms with van der Waals surface area (Å²) in [6.07, 6.45) is 0. The van der Waals surface area contributed by atoms with Crippen LogP contribution in [0.15, 0.2) is 0 Å². The van der Waals surface area contributed by atoms with Gasteiger partial charge in [-0.3, -0.25) is 0 Å². The molecule has 0 bridgehead atoms. The first-order chi connectivity index (χ1) is 4.77. The third kappa shape index (κ3) is 6.19. The van der Waals surface area contributed by atoms with Crippen LogP contribution >= 0.6 is 0 Å². The molecule has 0 aliphatic heterocycles. The van der Waals surface area contributed by atoms with Gasteiger partial charge in [0.2, 0.25) is 0 Å². The van der Waals surface area contributed by atoms with Gasteiger partial charge in [0, 0.05) is 6.54 Å². The van der Waals surface area contributed by atoms with Crippen LogP contribution in [0, 0.1) is 0 Å². The van der Waals surface area contributed by atoms with Crippen molar-refractivity contribution in [3.05, 3.63) is 0 Å². The lowest BCUT2D eigenvalue weighted by Gasteiger charge is -1.98. The van der Waals surface area contributed by atoms with E-state index in [4.69, 9.17) is 5.73 Å². The average Bonchev–Trinajstić information content (AvgIpc) is 1.55. The maximum Gasteiger partial charge on any atom is 0.347 e. The first-order valence-electron chi connectivity index (χ1n) is 2.43. The Balaban J connectivity index is 4.40. The molecule has 0 saturated carbocycles. The molecule has 0 aromatic carbocycles. The van der Waals surface area contributed by atoms with Gasteiger partial charge in [0.25, 0.3) is 10.1 Å². The molecule has 4 N–H and O–H groups in total. The van der Waals surface area contributed by atoms with Crippen molar-refractivity contribution >= 4 is 20.4 Å². The first kappa shape index (κ1) is 10.8. The van der Waals surface area contributed by atoms with E-state index in [2.05, 4.69) is 8.77 Å². The lowest BCUT2D eigenvalue weighted by molar-refractivity contribution is 0.463. The highest BCUT2D eigenvalue weighted by Crippen LogP contribution is 1.94. The molecule has 0 fully saturated rings. The summed E-state index contributed by atoms with van der Waals surface area (Å²) in [4.78, 5) is 0. The fourth-order valence-electron chi connectivity index (χ4n) is 0.323. The SMILES string of the molecule is NCCS(=O)(=O)OS(N)(=O)=O. The van der Waals surface area contributed by atoms with Gasteiger partial charge in [0.1, 0.15) is 0 Å². The van der Waals surface area contributed by atoms with Gasteiger partial charge in [-0.15, -0.1) is 3.63 Å². The maximum atomic E-state index is 10.5. The molecule has 0 atom stereocenters. The van der Waals surface area contributed by atoms with Crippen LogP contribution in [0.2, 0.25) is 0 Å². The van der Waals surface area contributed by atoms with Gasteiger partial charge in [-0.05, 0) is 0 Å². The Bertz CT molecular complexity index is 301. The molecule has 0 amide bonds. The molecule has 7 nitrogen and oxygen atoms in total. The summed E-state index contributed by atoms with van der Waals surface area (Å²) in [5.74, 6) is -0.580. The van der Waals surface area contributed by atoms with Crippen LogP contribution in [0.1, 0.15) is 0 Å². The fourth-order valence-corrected chi connectivity index (χ4v) is 2.04. The molecule has 0 aliphatic carbocycles. The van der Waals surface area contributed by atoms with Crippen molar-refractivity contribution in [3.8, 4) is 0 Å². The zero-order chi connectivity index (χ0) is 9.12. The fraction of sp³-hybridized carbons (Fsp3) is 1.00. The van der Waals surface area contributed by atoms with Crippen LogP contribution < -0.4 is 10.9 Å². The van der Waals surface area contributed by atoms with Gasteiger partial charge < -0.3 is 5.73 Å². The Labute approximate surface area is 64.7 Å². The first-order valence-corrected chi connectivity index (χ1v) is 5.48. The van der Waals surface area contributed by atoms with E-state index in [1.165, 1.54) is 0 Å². The van der Waals surface area contributed by atoms with Gasteiger partial charge in [-0.2, -0.15) is 16.8 Å². The molecule has 0 radical (unpaired) electrons. The van der Waals surface area contributed by atoms with Crippen molar-refractivity contribution in [3.63, 3.8) is 0 Å². The summed E-state index contributed by atoms with van der Waals surface area (Å²) < 4.78 is 44.6. The van der Waals surface area contributed by atoms with E-state index in [1.54, 1.807) is 0 Å². The quantitative estimate of drug-likeness (QED) is 0.520. The van der Waals surface area contributed by atoms with Crippen molar-refractivity contribution in [2.75, 3.05) is 12.3 Å². The Kier molecular flexibility index (Phi) is 3.38. The maximum absolute atomic E-state index is 10.5. The molecule has 9 heteroatoms. The third-order valence-corrected chi connectivity index (χ3v) is 2.89. The van der Waals surface area contributed by atoms with E-state index < -0.39 is 26.2 Å².